The lowest BCUT2D eigenvalue weighted by atomic mass is 10.0. The Hall–Kier alpha value is -2.92. The van der Waals surface area contributed by atoms with E-state index in [1.54, 1.807) is 0 Å². The van der Waals surface area contributed by atoms with E-state index in [4.69, 9.17) is 0 Å². The summed E-state index contributed by atoms with van der Waals surface area (Å²) in [6.45, 7) is 6.43. The maximum Gasteiger partial charge on any atom is 0.223 e. The van der Waals surface area contributed by atoms with Gasteiger partial charge < -0.3 is 5.53 Å². The molecule has 0 saturated carbocycles. The average molecular weight is 481 g/mol. The van der Waals surface area contributed by atoms with Crippen molar-refractivity contribution in [3.05, 3.63) is 88.0 Å². The summed E-state index contributed by atoms with van der Waals surface area (Å²) in [7, 11) is 0. The molecule has 1 heterocycles. The van der Waals surface area contributed by atoms with Crippen molar-refractivity contribution < 1.29 is 4.70 Å². The van der Waals surface area contributed by atoms with Crippen LogP contribution in [0.3, 0.4) is 0 Å². The molecule has 190 valence electrons. The molecule has 36 heavy (non-hydrogen) atoms. The zero-order chi connectivity index (χ0) is 25.6. The molecule has 0 aromatic heterocycles. The van der Waals surface area contributed by atoms with Gasteiger partial charge >= 0.3 is 0 Å². The molecule has 1 aliphatic rings. The molecule has 0 bridgehead atoms. The Bertz CT molecular complexity index is 1120. The number of benzene rings is 2. The SMILES string of the molecule is CCCCCCCCCCCCCCC#CC1=C(c2cccc(C)c2)[N+](=[N-])C(c2cccc(C)c2)=C1. The summed E-state index contributed by atoms with van der Waals surface area (Å²) in [6.07, 6.45) is 19.2. The lowest BCUT2D eigenvalue weighted by molar-refractivity contribution is -0.344. The molecule has 1 aliphatic heterocycles. The van der Waals surface area contributed by atoms with E-state index in [1.165, 1.54) is 86.5 Å². The van der Waals surface area contributed by atoms with Crippen molar-refractivity contribution >= 4 is 11.4 Å². The van der Waals surface area contributed by atoms with Crippen molar-refractivity contribution in [2.24, 2.45) is 0 Å². The molecular formula is C34H44N2. The molecule has 0 radical (unpaired) electrons. The van der Waals surface area contributed by atoms with Crippen LogP contribution in [0.15, 0.2) is 60.2 Å². The van der Waals surface area contributed by atoms with Crippen LogP contribution < -0.4 is 0 Å². The molecule has 0 saturated heterocycles. The highest BCUT2D eigenvalue weighted by Crippen LogP contribution is 2.35. The van der Waals surface area contributed by atoms with Gasteiger partial charge in [-0.25, -0.2) is 4.70 Å². The molecule has 2 nitrogen and oxygen atoms in total. The first-order valence-electron chi connectivity index (χ1n) is 14.2. The molecule has 0 unspecified atom stereocenters. The van der Waals surface area contributed by atoms with Gasteiger partial charge in [0.25, 0.3) is 0 Å². The van der Waals surface area contributed by atoms with Crippen LogP contribution in [-0.4, -0.2) is 4.70 Å². The van der Waals surface area contributed by atoms with Crippen molar-refractivity contribution in [3.8, 4) is 11.8 Å². The van der Waals surface area contributed by atoms with Gasteiger partial charge in [0.2, 0.25) is 11.4 Å². The number of rotatable bonds is 14. The van der Waals surface area contributed by atoms with Crippen molar-refractivity contribution in [1.82, 2.24) is 0 Å². The lowest BCUT2D eigenvalue weighted by Crippen LogP contribution is -2.02. The summed E-state index contributed by atoms with van der Waals surface area (Å²) in [5, 5.41) is 0. The van der Waals surface area contributed by atoms with E-state index in [2.05, 4.69) is 56.9 Å². The summed E-state index contributed by atoms with van der Waals surface area (Å²) in [5.41, 5.74) is 17.9. The number of unbranched alkanes of at least 4 members (excludes halogenated alkanes) is 12. The minimum absolute atomic E-state index is 0.775. The van der Waals surface area contributed by atoms with Gasteiger partial charge in [0, 0.05) is 23.6 Å². The van der Waals surface area contributed by atoms with Crippen LogP contribution in [0.5, 0.6) is 0 Å². The van der Waals surface area contributed by atoms with Crippen LogP contribution in [0.2, 0.25) is 0 Å². The molecule has 0 N–H and O–H groups in total. The Kier molecular flexibility index (Phi) is 11.7. The molecule has 2 aromatic rings. The van der Waals surface area contributed by atoms with Gasteiger partial charge in [0.1, 0.15) is 5.57 Å². The Morgan fingerprint density at radius 2 is 1.22 bits per heavy atom. The van der Waals surface area contributed by atoms with E-state index < -0.39 is 0 Å². The van der Waals surface area contributed by atoms with Crippen LogP contribution in [0, 0.1) is 25.7 Å². The highest BCUT2D eigenvalue weighted by molar-refractivity contribution is 5.81. The van der Waals surface area contributed by atoms with Crippen molar-refractivity contribution in [2.45, 2.75) is 104 Å². The number of allylic oxidation sites excluding steroid dienone is 2. The third-order valence-corrected chi connectivity index (χ3v) is 6.96. The highest BCUT2D eigenvalue weighted by Gasteiger charge is 2.28. The summed E-state index contributed by atoms with van der Waals surface area (Å²) >= 11 is 0. The number of hydrogen-bond acceptors (Lipinski definition) is 0. The Morgan fingerprint density at radius 1 is 0.694 bits per heavy atom. The topological polar surface area (TPSA) is 25.3 Å². The Morgan fingerprint density at radius 3 is 1.81 bits per heavy atom. The zero-order valence-corrected chi connectivity index (χ0v) is 22.8. The molecule has 0 spiro atoms. The highest BCUT2D eigenvalue weighted by atomic mass is 15.2. The maximum atomic E-state index is 11.2. The maximum absolute atomic E-state index is 11.2. The predicted octanol–water partition coefficient (Wildman–Crippen LogP) is 10.2. The summed E-state index contributed by atoms with van der Waals surface area (Å²) < 4.78 is 1.32. The van der Waals surface area contributed by atoms with Crippen LogP contribution in [0.25, 0.3) is 16.9 Å². The van der Waals surface area contributed by atoms with Crippen molar-refractivity contribution in [2.75, 3.05) is 0 Å². The molecule has 3 rings (SSSR count). The fourth-order valence-electron chi connectivity index (χ4n) is 4.89. The molecule has 0 fully saturated rings. The zero-order valence-electron chi connectivity index (χ0n) is 22.8. The third-order valence-electron chi connectivity index (χ3n) is 6.96. The predicted molar refractivity (Wildman–Crippen MR) is 154 cm³/mol. The van der Waals surface area contributed by atoms with Gasteiger partial charge in [-0.05, 0) is 44.5 Å². The first kappa shape index (κ1) is 27.7. The largest absolute Gasteiger partial charge is 0.493 e. The van der Waals surface area contributed by atoms with Gasteiger partial charge in [-0.2, -0.15) is 0 Å². The summed E-state index contributed by atoms with van der Waals surface area (Å²) in [4.78, 5) is 0. The molecular weight excluding hydrogens is 436 g/mol. The normalized spacial score (nSPS) is 13.1. The summed E-state index contributed by atoms with van der Waals surface area (Å²) in [6, 6.07) is 16.5. The van der Waals surface area contributed by atoms with Crippen LogP contribution >= 0.6 is 0 Å². The minimum atomic E-state index is 0.775. The standard InChI is InChI=1S/C34H44N2/c1-4-5-6-7-8-9-10-11-12-13-14-15-16-17-22-32-27-33(30-23-18-20-28(2)25-30)36(35)34(32)31-24-19-21-29(3)26-31/h18-21,23-27H,4-16H2,1-3H3. The second kappa shape index (κ2) is 15.2. The van der Waals surface area contributed by atoms with Gasteiger partial charge in [-0.15, -0.1) is 0 Å². The van der Waals surface area contributed by atoms with Crippen LogP contribution in [0.4, 0.5) is 0 Å². The van der Waals surface area contributed by atoms with Gasteiger partial charge in [-0.1, -0.05) is 125 Å². The fourth-order valence-corrected chi connectivity index (χ4v) is 4.89. The second-order valence-corrected chi connectivity index (χ2v) is 10.3. The molecule has 0 aliphatic carbocycles. The average Bonchev–Trinajstić information content (AvgIpc) is 3.20. The van der Waals surface area contributed by atoms with E-state index in [9.17, 15) is 5.53 Å². The number of nitrogens with zero attached hydrogens (tertiary/aromatic N) is 2. The third kappa shape index (κ3) is 8.63. The minimum Gasteiger partial charge on any atom is -0.493 e. The molecule has 2 heteroatoms. The number of aryl methyl sites for hydroxylation is 2. The van der Waals surface area contributed by atoms with E-state index in [0.717, 1.165) is 40.9 Å². The fraction of sp³-hybridized carbons (Fsp3) is 0.471. The molecule has 0 atom stereocenters. The quantitative estimate of drug-likeness (QED) is 0.146. The van der Waals surface area contributed by atoms with E-state index >= 15 is 0 Å². The van der Waals surface area contributed by atoms with E-state index in [1.807, 2.05) is 30.3 Å². The second-order valence-electron chi connectivity index (χ2n) is 10.3. The molecule has 0 amide bonds. The first-order chi connectivity index (χ1) is 17.6. The van der Waals surface area contributed by atoms with Crippen molar-refractivity contribution in [1.29, 1.82) is 0 Å². The van der Waals surface area contributed by atoms with Gasteiger partial charge in [0.05, 0.1) is 0 Å². The van der Waals surface area contributed by atoms with Crippen LogP contribution in [-0.2, 0) is 0 Å². The van der Waals surface area contributed by atoms with Crippen LogP contribution in [0.1, 0.15) is 113 Å². The monoisotopic (exact) mass is 480 g/mol. The Balaban J connectivity index is 1.52. The number of hydrogen-bond donors (Lipinski definition) is 0. The van der Waals surface area contributed by atoms with E-state index in [0.29, 0.717) is 0 Å². The summed E-state index contributed by atoms with van der Waals surface area (Å²) in [5.74, 6) is 6.78. The van der Waals surface area contributed by atoms with Crippen molar-refractivity contribution in [3.63, 3.8) is 0 Å². The smallest absolute Gasteiger partial charge is 0.223 e. The van der Waals surface area contributed by atoms with Gasteiger partial charge in [-0.3, -0.25) is 0 Å². The van der Waals surface area contributed by atoms with Gasteiger partial charge in [0.15, 0.2) is 0 Å². The first-order valence-corrected chi connectivity index (χ1v) is 14.2. The Labute approximate surface area is 220 Å². The van der Waals surface area contributed by atoms with E-state index in [-0.39, 0.29) is 0 Å². The molecule has 2 aromatic carbocycles. The lowest BCUT2D eigenvalue weighted by Gasteiger charge is -2.09.